The summed E-state index contributed by atoms with van der Waals surface area (Å²) in [5.74, 6) is 0.234. The van der Waals surface area contributed by atoms with Crippen LogP contribution in [0.25, 0.3) is 0 Å². The maximum atomic E-state index is 12.3. The van der Waals surface area contributed by atoms with E-state index in [0.29, 0.717) is 19.8 Å². The van der Waals surface area contributed by atoms with Gasteiger partial charge in [0.15, 0.2) is 0 Å². The van der Waals surface area contributed by atoms with Crippen LogP contribution < -0.4 is 5.32 Å². The number of nitrogens with zero attached hydrogens (tertiary/aromatic N) is 3. The third kappa shape index (κ3) is 6.01. The molecule has 1 saturated heterocycles. The van der Waals surface area contributed by atoms with Crippen LogP contribution in [0.4, 0.5) is 4.79 Å². The van der Waals surface area contributed by atoms with Crippen molar-refractivity contribution >= 4 is 17.4 Å². The first-order valence-corrected chi connectivity index (χ1v) is 9.34. The molecule has 0 bridgehead atoms. The summed E-state index contributed by atoms with van der Waals surface area (Å²) in [6.45, 7) is 9.78. The van der Waals surface area contributed by atoms with Crippen molar-refractivity contribution in [3.63, 3.8) is 0 Å². The second kappa shape index (κ2) is 9.93. The van der Waals surface area contributed by atoms with Crippen molar-refractivity contribution in [2.45, 2.75) is 19.8 Å². The summed E-state index contributed by atoms with van der Waals surface area (Å²) >= 11 is 1.65. The summed E-state index contributed by atoms with van der Waals surface area (Å²) in [5, 5.41) is 14.8. The summed E-state index contributed by atoms with van der Waals surface area (Å²) in [5.41, 5.74) is 1.03. The van der Waals surface area contributed by atoms with Crippen LogP contribution in [0, 0.1) is 6.92 Å². The Morgan fingerprint density at radius 3 is 2.79 bits per heavy atom. The van der Waals surface area contributed by atoms with Gasteiger partial charge in [-0.25, -0.2) is 9.78 Å². The predicted molar refractivity (Wildman–Crippen MR) is 94.6 cm³/mol. The van der Waals surface area contributed by atoms with E-state index < -0.39 is 0 Å². The molecule has 0 saturated carbocycles. The van der Waals surface area contributed by atoms with Gasteiger partial charge in [-0.3, -0.25) is 4.90 Å². The maximum Gasteiger partial charge on any atom is 0.317 e. The number of rotatable bonds is 8. The van der Waals surface area contributed by atoms with Crippen molar-refractivity contribution in [1.82, 2.24) is 20.1 Å². The number of aliphatic hydroxyl groups is 1. The van der Waals surface area contributed by atoms with Gasteiger partial charge in [-0.15, -0.1) is 11.3 Å². The topological polar surface area (TPSA) is 77.9 Å². The molecule has 2 amide bonds. The summed E-state index contributed by atoms with van der Waals surface area (Å²) in [4.78, 5) is 20.9. The fourth-order valence-electron chi connectivity index (χ4n) is 2.57. The zero-order chi connectivity index (χ0) is 17.4. The molecule has 0 unspecified atom stereocenters. The second-order valence-electron chi connectivity index (χ2n) is 6.08. The minimum Gasteiger partial charge on any atom is -0.394 e. The van der Waals surface area contributed by atoms with Crippen LogP contribution >= 0.6 is 11.3 Å². The average Bonchev–Trinajstić information content (AvgIpc) is 3.03. The Labute approximate surface area is 147 Å². The smallest absolute Gasteiger partial charge is 0.317 e. The molecule has 1 aromatic rings. The lowest BCUT2D eigenvalue weighted by Gasteiger charge is -2.34. The number of aliphatic hydroxyl groups excluding tert-OH is 1. The lowest BCUT2D eigenvalue weighted by atomic mass is 10.2. The molecular weight excluding hydrogens is 328 g/mol. The number of aromatic nitrogens is 1. The Hall–Kier alpha value is -1.22. The molecule has 0 radical (unpaired) electrons. The van der Waals surface area contributed by atoms with E-state index in [1.165, 1.54) is 0 Å². The maximum absolute atomic E-state index is 12.3. The summed E-state index contributed by atoms with van der Waals surface area (Å²) in [6, 6.07) is 0.00584. The second-order valence-corrected chi connectivity index (χ2v) is 6.97. The van der Waals surface area contributed by atoms with Crippen molar-refractivity contribution < 1.29 is 14.6 Å². The summed E-state index contributed by atoms with van der Waals surface area (Å²) in [7, 11) is 0. The molecule has 1 aliphatic heterocycles. The zero-order valence-corrected chi connectivity index (χ0v) is 15.3. The molecule has 7 nitrogen and oxygen atoms in total. The normalized spacial score (nSPS) is 17.0. The van der Waals surface area contributed by atoms with E-state index in [-0.39, 0.29) is 18.6 Å². The summed E-state index contributed by atoms with van der Waals surface area (Å²) < 4.78 is 5.28. The van der Waals surface area contributed by atoms with Gasteiger partial charge in [-0.2, -0.15) is 0 Å². The highest BCUT2D eigenvalue weighted by atomic mass is 32.1. The average molecular weight is 356 g/mol. The van der Waals surface area contributed by atoms with E-state index in [4.69, 9.17) is 9.84 Å². The van der Waals surface area contributed by atoms with Gasteiger partial charge < -0.3 is 20.1 Å². The van der Waals surface area contributed by atoms with Crippen LogP contribution in [0.15, 0.2) is 5.38 Å². The van der Waals surface area contributed by atoms with Crippen LogP contribution in [0.1, 0.15) is 23.5 Å². The fourth-order valence-corrected chi connectivity index (χ4v) is 3.43. The number of carbonyl (C=O) groups is 1. The van der Waals surface area contributed by atoms with E-state index >= 15 is 0 Å². The Bertz CT molecular complexity index is 503. The van der Waals surface area contributed by atoms with Crippen LogP contribution in [0.3, 0.4) is 0 Å². The highest BCUT2D eigenvalue weighted by Crippen LogP contribution is 2.18. The molecule has 24 heavy (non-hydrogen) atoms. The van der Waals surface area contributed by atoms with Gasteiger partial charge in [-0.05, 0) is 6.92 Å². The Morgan fingerprint density at radius 1 is 1.42 bits per heavy atom. The number of amides is 2. The van der Waals surface area contributed by atoms with E-state index in [9.17, 15) is 4.79 Å². The molecule has 0 aromatic carbocycles. The van der Waals surface area contributed by atoms with Crippen molar-refractivity contribution in [3.8, 4) is 0 Å². The van der Waals surface area contributed by atoms with Crippen molar-refractivity contribution in [2.24, 2.45) is 0 Å². The number of thiazole rings is 1. The van der Waals surface area contributed by atoms with Crippen LogP contribution in [0.2, 0.25) is 0 Å². The van der Waals surface area contributed by atoms with Crippen molar-refractivity contribution in [3.05, 3.63) is 16.1 Å². The highest BCUT2D eigenvalue weighted by molar-refractivity contribution is 7.09. The number of carbonyl (C=O) groups excluding carboxylic acids is 1. The van der Waals surface area contributed by atoms with E-state index in [0.717, 1.165) is 43.4 Å². The lowest BCUT2D eigenvalue weighted by Crippen LogP contribution is -2.52. The van der Waals surface area contributed by atoms with Crippen LogP contribution in [-0.4, -0.2) is 85.0 Å². The largest absolute Gasteiger partial charge is 0.394 e. The van der Waals surface area contributed by atoms with Gasteiger partial charge >= 0.3 is 6.03 Å². The number of hydrogen-bond donors (Lipinski definition) is 2. The third-order valence-corrected chi connectivity index (χ3v) is 5.26. The van der Waals surface area contributed by atoms with Crippen molar-refractivity contribution in [2.75, 3.05) is 59.1 Å². The Balaban J connectivity index is 1.63. The SMILES string of the molecule is Cc1csc([C@H](C)CNC(=O)N2CCN(CCOCCO)CC2)n1. The summed E-state index contributed by atoms with van der Waals surface area (Å²) in [6.07, 6.45) is 0. The molecule has 1 fully saturated rings. The van der Waals surface area contributed by atoms with E-state index in [1.807, 2.05) is 17.2 Å². The lowest BCUT2D eigenvalue weighted by molar-refractivity contribution is 0.0619. The first-order valence-electron chi connectivity index (χ1n) is 8.46. The van der Waals surface area contributed by atoms with E-state index in [1.54, 1.807) is 11.3 Å². The fraction of sp³-hybridized carbons (Fsp3) is 0.750. The van der Waals surface area contributed by atoms with Gasteiger partial charge in [0.05, 0.1) is 24.8 Å². The molecule has 2 heterocycles. The molecule has 1 aromatic heterocycles. The van der Waals surface area contributed by atoms with Crippen LogP contribution in [-0.2, 0) is 4.74 Å². The molecule has 0 spiro atoms. The zero-order valence-electron chi connectivity index (χ0n) is 14.5. The highest BCUT2D eigenvalue weighted by Gasteiger charge is 2.21. The standard InChI is InChI=1S/C16H28N4O3S/c1-13(15-18-14(2)12-24-15)11-17-16(22)20-5-3-19(4-6-20)7-9-23-10-8-21/h12-13,21H,3-11H2,1-2H3,(H,17,22)/t13-/m1/s1. The molecule has 8 heteroatoms. The van der Waals surface area contributed by atoms with Gasteiger partial charge in [0.25, 0.3) is 0 Å². The Morgan fingerprint density at radius 2 is 2.17 bits per heavy atom. The number of aryl methyl sites for hydroxylation is 1. The molecule has 2 N–H and O–H groups in total. The monoisotopic (exact) mass is 356 g/mol. The molecule has 2 rings (SSSR count). The first-order chi connectivity index (χ1) is 11.6. The quantitative estimate of drug-likeness (QED) is 0.677. The van der Waals surface area contributed by atoms with Gasteiger partial charge in [-0.1, -0.05) is 6.92 Å². The van der Waals surface area contributed by atoms with Gasteiger partial charge in [0, 0.05) is 56.3 Å². The number of hydrogen-bond acceptors (Lipinski definition) is 6. The Kier molecular flexibility index (Phi) is 7.90. The molecule has 0 aliphatic carbocycles. The first kappa shape index (κ1) is 19.1. The van der Waals surface area contributed by atoms with Gasteiger partial charge in [0.1, 0.15) is 0 Å². The predicted octanol–water partition coefficient (Wildman–Crippen LogP) is 0.891. The van der Waals surface area contributed by atoms with E-state index in [2.05, 4.69) is 22.1 Å². The number of ether oxygens (including phenoxy) is 1. The van der Waals surface area contributed by atoms with Crippen LogP contribution in [0.5, 0.6) is 0 Å². The molecule has 1 atom stereocenters. The number of piperazine rings is 1. The molecule has 1 aliphatic rings. The third-order valence-electron chi connectivity index (χ3n) is 4.06. The van der Waals surface area contributed by atoms with Crippen molar-refractivity contribution in [1.29, 1.82) is 0 Å². The van der Waals surface area contributed by atoms with Gasteiger partial charge in [0.2, 0.25) is 0 Å². The number of nitrogens with one attached hydrogen (secondary N) is 1. The molecular formula is C16H28N4O3S. The minimum atomic E-state index is 0.00584. The number of urea groups is 1. The minimum absolute atomic E-state index is 0.00584. The molecule has 136 valence electrons.